The van der Waals surface area contributed by atoms with E-state index >= 15 is 0 Å². The van der Waals surface area contributed by atoms with Crippen LogP contribution in [0.15, 0.2) is 157 Å². The van der Waals surface area contributed by atoms with E-state index in [0.717, 1.165) is 22.3 Å². The molecule has 0 N–H and O–H groups in total. The lowest BCUT2D eigenvalue weighted by Crippen LogP contribution is -1.92. The van der Waals surface area contributed by atoms with Gasteiger partial charge in [-0.3, -0.25) is 0 Å². The Kier molecular flexibility index (Phi) is 3.53. The molecule has 0 saturated heterocycles. The summed E-state index contributed by atoms with van der Waals surface area (Å²) in [6.45, 7) is 0. The minimum Gasteiger partial charge on any atom is -0.0622 e. The van der Waals surface area contributed by atoms with Crippen molar-refractivity contribution in [1.82, 2.24) is 0 Å². The predicted octanol–water partition coefficient (Wildman–Crippen LogP) is 10.7. The van der Waals surface area contributed by atoms with Crippen molar-refractivity contribution in [2.75, 3.05) is 0 Å². The van der Waals surface area contributed by atoms with E-state index in [1.54, 1.807) is 0 Å². The van der Waals surface area contributed by atoms with Crippen LogP contribution in [-0.2, 0) is 0 Å². The summed E-state index contributed by atoms with van der Waals surface area (Å²) in [6, 6.07) is 26.0. The molecule has 7 aromatic rings. The third kappa shape index (κ3) is 3.88. The lowest BCUT2D eigenvalue weighted by Gasteiger charge is -2.19. The van der Waals surface area contributed by atoms with Gasteiger partial charge in [-0.1, -0.05) is 145 Å². The Balaban J connectivity index is 1.77. The summed E-state index contributed by atoms with van der Waals surface area (Å²) in [5, 5.41) is 2.04. The number of benzene rings is 7. The van der Waals surface area contributed by atoms with Gasteiger partial charge in [0, 0.05) is 0 Å². The Morgan fingerprint density at radius 3 is 1.13 bits per heavy atom. The molecule has 0 heteroatoms. The van der Waals surface area contributed by atoms with Crippen LogP contribution in [-0.4, -0.2) is 0 Å². The molecule has 7 rings (SSSR count). The molecule has 0 bridgehead atoms. The third-order valence-electron chi connectivity index (χ3n) is 6.83. The average Bonchev–Trinajstić information content (AvgIpc) is 3.12. The Morgan fingerprint density at radius 2 is 0.711 bits per heavy atom. The highest BCUT2D eigenvalue weighted by atomic mass is 14.2. The first kappa shape index (κ1) is 14.1. The van der Waals surface area contributed by atoms with Gasteiger partial charge in [-0.05, 0) is 78.2 Å². The molecule has 0 fully saturated rings. The van der Waals surface area contributed by atoms with Crippen molar-refractivity contribution in [2.45, 2.75) is 0 Å². The number of hydrogen-bond donors (Lipinski definition) is 0. The van der Waals surface area contributed by atoms with Gasteiger partial charge in [0.15, 0.2) is 0 Å². The van der Waals surface area contributed by atoms with Gasteiger partial charge in [-0.15, -0.1) is 0 Å². The van der Waals surface area contributed by atoms with E-state index in [-0.39, 0.29) is 35.3 Å². The monoisotopic (exact) mass is 492 g/mol. The van der Waals surface area contributed by atoms with E-state index in [9.17, 15) is 0 Å². The summed E-state index contributed by atoms with van der Waals surface area (Å²) in [5.41, 5.74) is 4.17. The molecule has 7 aromatic carbocycles. The fourth-order valence-corrected chi connectivity index (χ4v) is 5.14. The van der Waals surface area contributed by atoms with Crippen LogP contribution in [0.5, 0.6) is 0 Å². The Hall–Kier alpha value is -4.94. The van der Waals surface area contributed by atoms with Crippen LogP contribution in [0.3, 0.4) is 0 Å². The van der Waals surface area contributed by atoms with Crippen LogP contribution < -0.4 is 0 Å². The standard InChI is InChI=1S/C38H26/c1-5-13-27(14-6-1)31-21-23-33-35(25-31)38(30-19-11-4-12-20-30)36-26-32(28-15-7-2-8-16-28)22-24-34(36)37(33)29-17-9-3-10-18-29/h1-26H/i3D,4D,9D,10D,11D,12D,17D,18D,19D,20D. The Labute approximate surface area is 237 Å². The molecule has 0 aliphatic heterocycles. The van der Waals surface area contributed by atoms with Crippen LogP contribution in [0.25, 0.3) is 66.1 Å². The second-order valence-electron chi connectivity index (χ2n) is 9.00. The van der Waals surface area contributed by atoms with Gasteiger partial charge in [-0.25, -0.2) is 0 Å². The van der Waals surface area contributed by atoms with E-state index in [2.05, 4.69) is 0 Å². The van der Waals surface area contributed by atoms with E-state index in [0.29, 0.717) is 32.7 Å². The fraction of sp³-hybridized carbons (Fsp3) is 0. The molecular formula is C38H26. The molecule has 0 radical (unpaired) electrons. The predicted molar refractivity (Wildman–Crippen MR) is 163 cm³/mol. The summed E-state index contributed by atoms with van der Waals surface area (Å²) < 4.78 is 86.5. The van der Waals surface area contributed by atoms with Crippen molar-refractivity contribution in [3.8, 4) is 44.5 Å². The molecular weight excluding hydrogens is 456 g/mol. The lowest BCUT2D eigenvalue weighted by atomic mass is 9.84. The Morgan fingerprint density at radius 1 is 0.316 bits per heavy atom. The van der Waals surface area contributed by atoms with E-state index in [1.165, 1.54) is 0 Å². The quantitative estimate of drug-likeness (QED) is 0.214. The molecule has 0 nitrogen and oxygen atoms in total. The summed E-state index contributed by atoms with van der Waals surface area (Å²) in [5.74, 6) is 0. The molecule has 178 valence electrons. The first-order valence-corrected chi connectivity index (χ1v) is 12.3. The minimum absolute atomic E-state index is 0.0130. The van der Waals surface area contributed by atoms with Crippen LogP contribution in [0, 0.1) is 0 Å². The second-order valence-corrected chi connectivity index (χ2v) is 9.00. The zero-order valence-electron chi connectivity index (χ0n) is 30.2. The molecule has 0 aromatic heterocycles. The van der Waals surface area contributed by atoms with Crippen LogP contribution >= 0.6 is 0 Å². The molecule has 38 heavy (non-hydrogen) atoms. The average molecular weight is 493 g/mol. The van der Waals surface area contributed by atoms with E-state index < -0.39 is 36.3 Å². The number of hydrogen-bond acceptors (Lipinski definition) is 0. The van der Waals surface area contributed by atoms with Gasteiger partial charge >= 0.3 is 0 Å². The van der Waals surface area contributed by atoms with Gasteiger partial charge < -0.3 is 0 Å². The minimum atomic E-state index is -0.506. The largest absolute Gasteiger partial charge is 0.0629 e. The van der Waals surface area contributed by atoms with Gasteiger partial charge in [0.2, 0.25) is 0 Å². The van der Waals surface area contributed by atoms with Crippen molar-refractivity contribution in [1.29, 1.82) is 0 Å². The summed E-state index contributed by atoms with van der Waals surface area (Å²) in [4.78, 5) is 0. The van der Waals surface area contributed by atoms with Crippen molar-refractivity contribution in [3.63, 3.8) is 0 Å². The lowest BCUT2D eigenvalue weighted by molar-refractivity contribution is 1.62. The van der Waals surface area contributed by atoms with Crippen molar-refractivity contribution in [3.05, 3.63) is 157 Å². The fourth-order valence-electron chi connectivity index (χ4n) is 5.14. The maximum atomic E-state index is 9.02. The van der Waals surface area contributed by atoms with Gasteiger partial charge in [-0.2, -0.15) is 0 Å². The van der Waals surface area contributed by atoms with Crippen molar-refractivity contribution in [2.24, 2.45) is 0 Å². The van der Waals surface area contributed by atoms with Crippen LogP contribution in [0.2, 0.25) is 0 Å². The second kappa shape index (κ2) is 9.50. The topological polar surface area (TPSA) is 0 Å². The van der Waals surface area contributed by atoms with Gasteiger partial charge in [0.1, 0.15) is 0 Å². The van der Waals surface area contributed by atoms with Gasteiger partial charge in [0.05, 0.1) is 13.7 Å². The molecule has 0 atom stereocenters. The molecule has 0 saturated carbocycles. The number of fused-ring (bicyclic) bond motifs is 2. The smallest absolute Gasteiger partial charge is 0.0622 e. The van der Waals surface area contributed by atoms with Crippen molar-refractivity contribution < 1.29 is 13.7 Å². The molecule has 0 aliphatic rings. The zero-order chi connectivity index (χ0) is 34.0. The summed E-state index contributed by atoms with van der Waals surface area (Å²) in [6.07, 6.45) is 0. The first-order chi connectivity index (χ1) is 23.0. The zero-order valence-corrected chi connectivity index (χ0v) is 20.2. The third-order valence-corrected chi connectivity index (χ3v) is 6.83. The number of rotatable bonds is 4. The molecule has 0 aliphatic carbocycles. The highest BCUT2D eigenvalue weighted by Crippen LogP contribution is 2.45. The van der Waals surface area contributed by atoms with Crippen LogP contribution in [0.4, 0.5) is 0 Å². The van der Waals surface area contributed by atoms with E-state index in [4.69, 9.17) is 13.7 Å². The maximum absolute atomic E-state index is 9.02. The highest BCUT2D eigenvalue weighted by molar-refractivity contribution is 6.22. The maximum Gasteiger partial charge on any atom is 0.0629 e. The van der Waals surface area contributed by atoms with Crippen LogP contribution in [0.1, 0.15) is 13.7 Å². The summed E-state index contributed by atoms with van der Waals surface area (Å²) in [7, 11) is 0. The molecule has 0 unspecified atom stereocenters. The Bertz CT molecular complexity index is 2280. The first-order valence-electron chi connectivity index (χ1n) is 17.3. The normalized spacial score (nSPS) is 14.8. The molecule has 0 spiro atoms. The van der Waals surface area contributed by atoms with E-state index in [1.807, 2.05) is 97.1 Å². The van der Waals surface area contributed by atoms with Gasteiger partial charge in [0.25, 0.3) is 0 Å². The van der Waals surface area contributed by atoms with Crippen molar-refractivity contribution >= 4 is 21.5 Å². The summed E-state index contributed by atoms with van der Waals surface area (Å²) >= 11 is 0. The SMILES string of the molecule is [2H]c1c([2H])c([2H])c(-c2c3ccc(-c4ccccc4)cc3c(-c3c([2H])c([2H])c([2H])c([2H])c3[2H])c3cc(-c4ccccc4)ccc23)c([2H])c1[2H]. The molecule has 0 heterocycles. The molecule has 0 amide bonds. The highest BCUT2D eigenvalue weighted by Gasteiger charge is 2.18.